The molecular formula is C22H25FO6. The molecule has 156 valence electrons. The highest BCUT2D eigenvalue weighted by Gasteiger charge is 2.71. The van der Waals surface area contributed by atoms with Crippen LogP contribution < -0.4 is 0 Å². The summed E-state index contributed by atoms with van der Waals surface area (Å²) in [7, 11) is 0. The van der Waals surface area contributed by atoms with Gasteiger partial charge in [-0.1, -0.05) is 26.5 Å². The number of rotatable bonds is 2. The molecule has 4 rings (SSSR count). The van der Waals surface area contributed by atoms with E-state index in [-0.39, 0.29) is 30.6 Å². The van der Waals surface area contributed by atoms with Crippen LogP contribution in [-0.4, -0.2) is 50.7 Å². The van der Waals surface area contributed by atoms with Crippen molar-refractivity contribution < 1.29 is 34.1 Å². The van der Waals surface area contributed by atoms with Crippen molar-refractivity contribution in [2.45, 2.75) is 51.0 Å². The zero-order chi connectivity index (χ0) is 21.5. The number of aliphatic hydroxyl groups excluding tert-OH is 1. The minimum absolute atomic E-state index is 0.0189. The molecule has 8 atom stereocenters. The topological polar surface area (TPSA) is 112 Å². The van der Waals surface area contributed by atoms with Gasteiger partial charge in [-0.15, -0.1) is 0 Å². The maximum Gasteiger partial charge on any atom is 0.375 e. The van der Waals surface area contributed by atoms with Gasteiger partial charge in [0.15, 0.2) is 11.4 Å². The van der Waals surface area contributed by atoms with Gasteiger partial charge in [0.1, 0.15) is 6.17 Å². The van der Waals surface area contributed by atoms with E-state index in [1.54, 1.807) is 19.9 Å². The highest BCUT2D eigenvalue weighted by Crippen LogP contribution is 2.68. The van der Waals surface area contributed by atoms with Gasteiger partial charge in [-0.25, -0.2) is 9.18 Å². The number of carbonyl (C=O) groups is 3. The van der Waals surface area contributed by atoms with E-state index in [4.69, 9.17) is 0 Å². The van der Waals surface area contributed by atoms with Crippen LogP contribution in [0.3, 0.4) is 0 Å². The maximum absolute atomic E-state index is 15.2. The van der Waals surface area contributed by atoms with Crippen LogP contribution in [-0.2, 0) is 14.4 Å². The quantitative estimate of drug-likeness (QED) is 0.478. The molecule has 0 aromatic heterocycles. The van der Waals surface area contributed by atoms with Gasteiger partial charge in [0, 0.05) is 16.7 Å². The first-order valence-corrected chi connectivity index (χ1v) is 9.83. The normalized spacial score (nSPS) is 48.4. The molecule has 0 aromatic rings. The van der Waals surface area contributed by atoms with Crippen molar-refractivity contribution in [1.29, 1.82) is 0 Å². The number of aliphatic hydroxyl groups is 2. The van der Waals surface area contributed by atoms with Crippen LogP contribution in [0.25, 0.3) is 0 Å². The monoisotopic (exact) mass is 404 g/mol. The predicted octanol–water partition coefficient (Wildman–Crippen LogP) is 1.76. The number of Topliss-reactive ketones (excluding diaryl/α,β-unsaturated/α-hetero) is 1. The van der Waals surface area contributed by atoms with Crippen molar-refractivity contribution >= 4 is 17.5 Å². The number of aliphatic carboxylic acids is 1. The Bertz CT molecular complexity index is 905. The van der Waals surface area contributed by atoms with Crippen LogP contribution in [0.2, 0.25) is 0 Å². The van der Waals surface area contributed by atoms with Crippen LogP contribution in [0.4, 0.5) is 4.39 Å². The summed E-state index contributed by atoms with van der Waals surface area (Å²) in [5, 5.41) is 31.7. The summed E-state index contributed by atoms with van der Waals surface area (Å²) in [5.74, 6) is -4.65. The number of halogens is 1. The van der Waals surface area contributed by atoms with E-state index in [2.05, 4.69) is 6.58 Å². The summed E-state index contributed by atoms with van der Waals surface area (Å²) < 4.78 is 15.2. The fraction of sp³-hybridized carbons (Fsp3) is 0.591. The SMILES string of the molecule is C=C1C[C@H]2[C@@H]3CC(F)C4=CC(=O)C=C[C@]4(C)[C@H]3C(O)C[C@]2(C)[C@@]1(O)C(=O)C(=O)O. The number of alkyl halides is 1. The van der Waals surface area contributed by atoms with Gasteiger partial charge < -0.3 is 15.3 Å². The summed E-state index contributed by atoms with van der Waals surface area (Å²) in [4.78, 5) is 35.7. The van der Waals surface area contributed by atoms with Crippen LogP contribution in [0, 0.1) is 28.6 Å². The number of carboxylic acid groups (broad SMARTS) is 1. The van der Waals surface area contributed by atoms with Crippen LogP contribution in [0.5, 0.6) is 0 Å². The molecule has 0 aromatic carbocycles. The van der Waals surface area contributed by atoms with E-state index in [0.29, 0.717) is 5.57 Å². The molecule has 0 spiro atoms. The molecule has 29 heavy (non-hydrogen) atoms. The molecule has 0 amide bonds. The maximum atomic E-state index is 15.2. The number of ketones is 2. The molecule has 0 radical (unpaired) electrons. The molecule has 3 fully saturated rings. The first kappa shape index (κ1) is 20.2. The Morgan fingerprint density at radius 3 is 2.59 bits per heavy atom. The third-order valence-corrected chi connectivity index (χ3v) is 8.19. The summed E-state index contributed by atoms with van der Waals surface area (Å²) in [6.45, 7) is 7.19. The summed E-state index contributed by atoms with van der Waals surface area (Å²) >= 11 is 0. The smallest absolute Gasteiger partial charge is 0.375 e. The summed E-state index contributed by atoms with van der Waals surface area (Å²) in [5.41, 5.74) is -4.00. The highest BCUT2D eigenvalue weighted by atomic mass is 19.1. The van der Waals surface area contributed by atoms with Crippen LogP contribution >= 0.6 is 0 Å². The first-order valence-electron chi connectivity index (χ1n) is 9.83. The fourth-order valence-corrected chi connectivity index (χ4v) is 6.87. The Hall–Kier alpha value is -2.12. The molecule has 3 N–H and O–H groups in total. The van der Waals surface area contributed by atoms with Gasteiger partial charge in [0.25, 0.3) is 5.78 Å². The zero-order valence-corrected chi connectivity index (χ0v) is 16.4. The lowest BCUT2D eigenvalue weighted by Gasteiger charge is -2.59. The van der Waals surface area contributed by atoms with Crippen molar-refractivity contribution in [2.75, 3.05) is 0 Å². The highest BCUT2D eigenvalue weighted by molar-refractivity contribution is 6.37. The zero-order valence-electron chi connectivity index (χ0n) is 16.4. The first-order chi connectivity index (χ1) is 13.4. The number of hydrogen-bond acceptors (Lipinski definition) is 5. The van der Waals surface area contributed by atoms with Gasteiger partial charge in [-0.2, -0.15) is 0 Å². The molecule has 3 saturated carbocycles. The van der Waals surface area contributed by atoms with E-state index in [0.717, 1.165) is 0 Å². The molecule has 4 aliphatic rings. The van der Waals surface area contributed by atoms with Crippen molar-refractivity contribution in [2.24, 2.45) is 28.6 Å². The number of allylic oxidation sites excluding steroid dienone is 4. The minimum atomic E-state index is -2.31. The standard InChI is InChI=1S/C22H25FO6/c1-10-6-13-12-8-15(23)14-7-11(24)4-5-20(14,2)17(12)16(25)9-21(13,3)22(10,29)18(26)19(27)28/h4-5,7,12-13,15-17,25,29H,1,6,8-9H2,2-3H3,(H,27,28)/t12-,13-,15?,16?,17+,20-,21-,22-/m0/s1. The van der Waals surface area contributed by atoms with Gasteiger partial charge >= 0.3 is 5.97 Å². The van der Waals surface area contributed by atoms with E-state index >= 15 is 4.39 Å². The van der Waals surface area contributed by atoms with E-state index in [1.165, 1.54) is 12.2 Å². The molecular weight excluding hydrogens is 379 g/mol. The molecule has 4 aliphatic carbocycles. The van der Waals surface area contributed by atoms with Crippen molar-refractivity contribution in [3.8, 4) is 0 Å². The lowest BCUT2D eigenvalue weighted by atomic mass is 9.46. The van der Waals surface area contributed by atoms with Crippen molar-refractivity contribution in [3.05, 3.63) is 36.0 Å². The van der Waals surface area contributed by atoms with E-state index < -0.39 is 58.2 Å². The van der Waals surface area contributed by atoms with Crippen LogP contribution in [0.15, 0.2) is 36.0 Å². The third-order valence-electron chi connectivity index (χ3n) is 8.19. The third kappa shape index (κ3) is 2.31. The number of carboxylic acids is 1. The second-order valence-electron chi connectivity index (χ2n) is 9.46. The number of carbonyl (C=O) groups excluding carboxylic acids is 2. The Morgan fingerprint density at radius 1 is 1.31 bits per heavy atom. The van der Waals surface area contributed by atoms with Crippen molar-refractivity contribution in [1.82, 2.24) is 0 Å². The second kappa shape index (κ2) is 5.95. The minimum Gasteiger partial charge on any atom is -0.475 e. The predicted molar refractivity (Wildman–Crippen MR) is 100 cm³/mol. The lowest BCUT2D eigenvalue weighted by molar-refractivity contribution is -0.180. The molecule has 2 unspecified atom stereocenters. The lowest BCUT2D eigenvalue weighted by Crippen LogP contribution is -2.63. The van der Waals surface area contributed by atoms with Gasteiger partial charge in [0.05, 0.1) is 6.10 Å². The molecule has 0 bridgehead atoms. The average molecular weight is 404 g/mol. The second-order valence-corrected chi connectivity index (χ2v) is 9.46. The summed E-state index contributed by atoms with van der Waals surface area (Å²) in [6.07, 6.45) is 2.13. The Labute approximate surface area is 167 Å². The molecule has 0 saturated heterocycles. The fourth-order valence-electron chi connectivity index (χ4n) is 6.87. The number of hydrogen-bond donors (Lipinski definition) is 3. The molecule has 7 heteroatoms. The molecule has 0 heterocycles. The van der Waals surface area contributed by atoms with Gasteiger partial charge in [0.2, 0.25) is 0 Å². The largest absolute Gasteiger partial charge is 0.475 e. The van der Waals surface area contributed by atoms with Gasteiger partial charge in [-0.05, 0) is 54.4 Å². The van der Waals surface area contributed by atoms with E-state index in [1.807, 2.05) is 0 Å². The summed E-state index contributed by atoms with van der Waals surface area (Å²) in [6, 6.07) is 0. The Morgan fingerprint density at radius 2 is 1.97 bits per heavy atom. The molecule has 0 aliphatic heterocycles. The number of fused-ring (bicyclic) bond motifs is 5. The van der Waals surface area contributed by atoms with Gasteiger partial charge in [-0.3, -0.25) is 9.59 Å². The van der Waals surface area contributed by atoms with Crippen LogP contribution in [0.1, 0.15) is 33.1 Å². The van der Waals surface area contributed by atoms with E-state index in [9.17, 15) is 29.7 Å². The average Bonchev–Trinajstić information content (AvgIpc) is 2.83. The molecule has 6 nitrogen and oxygen atoms in total. The Kier molecular flexibility index (Phi) is 4.14. The van der Waals surface area contributed by atoms with Crippen molar-refractivity contribution in [3.63, 3.8) is 0 Å². The Balaban J connectivity index is 1.83.